The number of carbonyl (C=O) groups is 2. The lowest BCUT2D eigenvalue weighted by Crippen LogP contribution is -2.12. The van der Waals surface area contributed by atoms with Crippen molar-refractivity contribution in [2.24, 2.45) is 0 Å². The van der Waals surface area contributed by atoms with Gasteiger partial charge in [0.15, 0.2) is 9.61 Å². The Hall–Kier alpha value is -0.950. The van der Waals surface area contributed by atoms with E-state index in [-0.39, 0.29) is 23.8 Å². The van der Waals surface area contributed by atoms with Crippen molar-refractivity contribution in [3.05, 3.63) is 14.5 Å². The molecule has 0 spiro atoms. The summed E-state index contributed by atoms with van der Waals surface area (Å²) in [6, 6.07) is 0. The van der Waals surface area contributed by atoms with Crippen LogP contribution in [0.15, 0.2) is 3.92 Å². The summed E-state index contributed by atoms with van der Waals surface area (Å²) in [5, 5.41) is 0. The summed E-state index contributed by atoms with van der Waals surface area (Å²) < 4.78 is 10.0. The molecule has 0 N–H and O–H groups in total. The Kier molecular flexibility index (Phi) is 4.88. The molecule has 88 valence electrons. The van der Waals surface area contributed by atoms with Crippen LogP contribution in [0, 0.1) is 0 Å². The third-order valence-corrected chi connectivity index (χ3v) is 3.02. The van der Waals surface area contributed by atoms with Crippen molar-refractivity contribution in [2.45, 2.75) is 13.8 Å². The number of halogens is 1. The summed E-state index contributed by atoms with van der Waals surface area (Å²) in [7, 11) is 0. The zero-order valence-corrected chi connectivity index (χ0v) is 11.2. The molecular formula is C9H10BrNO4S. The third kappa shape index (κ3) is 3.02. The minimum absolute atomic E-state index is 0.00262. The summed E-state index contributed by atoms with van der Waals surface area (Å²) in [5.41, 5.74) is -0.00262. The number of rotatable bonds is 4. The molecule has 1 rings (SSSR count). The van der Waals surface area contributed by atoms with Crippen LogP contribution in [0.2, 0.25) is 0 Å². The smallest absolute Gasteiger partial charge is 0.358 e. The van der Waals surface area contributed by atoms with Gasteiger partial charge in [0.1, 0.15) is 4.88 Å². The SMILES string of the molecule is CCOC(=O)c1nc(Br)sc1C(=O)OCC. The fourth-order valence-corrected chi connectivity index (χ4v) is 2.30. The lowest BCUT2D eigenvalue weighted by Gasteiger charge is -2.01. The van der Waals surface area contributed by atoms with E-state index in [1.807, 2.05) is 0 Å². The molecular weight excluding hydrogens is 298 g/mol. The Labute approximate surface area is 105 Å². The zero-order valence-electron chi connectivity index (χ0n) is 8.78. The van der Waals surface area contributed by atoms with Crippen LogP contribution in [0.5, 0.6) is 0 Å². The van der Waals surface area contributed by atoms with Gasteiger partial charge in [-0.05, 0) is 29.8 Å². The molecule has 16 heavy (non-hydrogen) atoms. The summed E-state index contributed by atoms with van der Waals surface area (Å²) in [5.74, 6) is -1.18. The van der Waals surface area contributed by atoms with Crippen LogP contribution < -0.4 is 0 Å². The summed E-state index contributed by atoms with van der Waals surface area (Å²) in [6.07, 6.45) is 0. The number of ether oxygens (including phenoxy) is 2. The first kappa shape index (κ1) is 13.1. The molecule has 0 aromatic carbocycles. The molecule has 0 aliphatic carbocycles. The highest BCUT2D eigenvalue weighted by Gasteiger charge is 2.24. The first-order valence-corrected chi connectivity index (χ1v) is 6.21. The molecule has 1 aromatic heterocycles. The van der Waals surface area contributed by atoms with E-state index in [1.165, 1.54) is 0 Å². The highest BCUT2D eigenvalue weighted by Crippen LogP contribution is 2.24. The molecule has 0 aliphatic heterocycles. The van der Waals surface area contributed by atoms with Gasteiger partial charge in [-0.25, -0.2) is 14.6 Å². The number of thiazole rings is 1. The van der Waals surface area contributed by atoms with Gasteiger partial charge in [0, 0.05) is 0 Å². The van der Waals surface area contributed by atoms with Gasteiger partial charge in [-0.3, -0.25) is 0 Å². The van der Waals surface area contributed by atoms with Crippen LogP contribution >= 0.6 is 27.3 Å². The molecule has 5 nitrogen and oxygen atoms in total. The standard InChI is InChI=1S/C9H10BrNO4S/c1-3-14-7(12)5-6(8(13)15-4-2)16-9(10)11-5/h3-4H2,1-2H3. The molecule has 0 unspecified atom stereocenters. The number of esters is 2. The third-order valence-electron chi connectivity index (χ3n) is 1.53. The van der Waals surface area contributed by atoms with Gasteiger partial charge in [0.05, 0.1) is 13.2 Å². The average Bonchev–Trinajstić information content (AvgIpc) is 2.61. The Morgan fingerprint density at radius 2 is 1.81 bits per heavy atom. The molecule has 0 saturated heterocycles. The number of hydrogen-bond donors (Lipinski definition) is 0. The van der Waals surface area contributed by atoms with Gasteiger partial charge >= 0.3 is 11.9 Å². The number of hydrogen-bond acceptors (Lipinski definition) is 6. The minimum Gasteiger partial charge on any atom is -0.462 e. The van der Waals surface area contributed by atoms with E-state index in [2.05, 4.69) is 20.9 Å². The molecule has 0 fully saturated rings. The van der Waals surface area contributed by atoms with Crippen LogP contribution in [0.1, 0.15) is 34.0 Å². The van der Waals surface area contributed by atoms with Crippen molar-refractivity contribution in [1.82, 2.24) is 4.98 Å². The van der Waals surface area contributed by atoms with Gasteiger partial charge in [0.25, 0.3) is 0 Å². The minimum atomic E-state index is -0.618. The maximum absolute atomic E-state index is 11.5. The molecule has 7 heteroatoms. The van der Waals surface area contributed by atoms with Crippen molar-refractivity contribution in [3.63, 3.8) is 0 Å². The molecule has 1 aromatic rings. The highest BCUT2D eigenvalue weighted by atomic mass is 79.9. The maximum Gasteiger partial charge on any atom is 0.358 e. The first-order valence-electron chi connectivity index (χ1n) is 4.60. The first-order chi connectivity index (χ1) is 7.60. The van der Waals surface area contributed by atoms with E-state index in [4.69, 9.17) is 9.47 Å². The van der Waals surface area contributed by atoms with E-state index in [0.717, 1.165) is 11.3 Å². The van der Waals surface area contributed by atoms with Gasteiger partial charge < -0.3 is 9.47 Å². The van der Waals surface area contributed by atoms with Crippen molar-refractivity contribution in [1.29, 1.82) is 0 Å². The Balaban J connectivity index is 2.99. The predicted molar refractivity (Wildman–Crippen MR) is 61.7 cm³/mol. The Morgan fingerprint density at radius 3 is 2.38 bits per heavy atom. The fraction of sp³-hybridized carbons (Fsp3) is 0.444. The fourth-order valence-electron chi connectivity index (χ4n) is 0.967. The summed E-state index contributed by atoms with van der Waals surface area (Å²) in [6.45, 7) is 3.86. The summed E-state index contributed by atoms with van der Waals surface area (Å²) in [4.78, 5) is 27.0. The Bertz CT molecular complexity index is 369. The van der Waals surface area contributed by atoms with E-state index in [1.54, 1.807) is 13.8 Å². The molecule has 0 amide bonds. The monoisotopic (exact) mass is 307 g/mol. The van der Waals surface area contributed by atoms with Crippen LogP contribution in [-0.4, -0.2) is 30.1 Å². The van der Waals surface area contributed by atoms with Crippen LogP contribution in [0.3, 0.4) is 0 Å². The van der Waals surface area contributed by atoms with Crippen LogP contribution in [0.25, 0.3) is 0 Å². The normalized spacial score (nSPS) is 9.94. The highest BCUT2D eigenvalue weighted by molar-refractivity contribution is 9.11. The zero-order chi connectivity index (χ0) is 12.1. The summed E-state index contributed by atoms with van der Waals surface area (Å²) >= 11 is 4.16. The van der Waals surface area contributed by atoms with Crippen molar-refractivity contribution in [2.75, 3.05) is 13.2 Å². The van der Waals surface area contributed by atoms with E-state index < -0.39 is 11.9 Å². The molecule has 1 heterocycles. The second kappa shape index (κ2) is 5.95. The van der Waals surface area contributed by atoms with E-state index in [0.29, 0.717) is 3.92 Å². The second-order valence-electron chi connectivity index (χ2n) is 2.59. The molecule has 0 aliphatic rings. The molecule has 0 radical (unpaired) electrons. The van der Waals surface area contributed by atoms with Gasteiger partial charge in [-0.2, -0.15) is 0 Å². The largest absolute Gasteiger partial charge is 0.462 e. The maximum atomic E-state index is 11.5. The van der Waals surface area contributed by atoms with Crippen molar-refractivity contribution in [3.8, 4) is 0 Å². The lowest BCUT2D eigenvalue weighted by molar-refractivity contribution is 0.0479. The quantitative estimate of drug-likeness (QED) is 0.798. The molecule has 0 atom stereocenters. The van der Waals surface area contributed by atoms with Gasteiger partial charge in [-0.15, -0.1) is 0 Å². The molecule has 0 saturated carbocycles. The van der Waals surface area contributed by atoms with Gasteiger partial charge in [-0.1, -0.05) is 11.3 Å². The van der Waals surface area contributed by atoms with Gasteiger partial charge in [0.2, 0.25) is 0 Å². The van der Waals surface area contributed by atoms with E-state index in [9.17, 15) is 9.59 Å². The average molecular weight is 308 g/mol. The number of carbonyl (C=O) groups excluding carboxylic acids is 2. The predicted octanol–water partition coefficient (Wildman–Crippen LogP) is 2.26. The van der Waals surface area contributed by atoms with Crippen LogP contribution in [-0.2, 0) is 9.47 Å². The number of nitrogens with zero attached hydrogens (tertiary/aromatic N) is 1. The molecule has 0 bridgehead atoms. The van der Waals surface area contributed by atoms with Crippen molar-refractivity contribution >= 4 is 39.2 Å². The number of aromatic nitrogens is 1. The lowest BCUT2D eigenvalue weighted by atomic mass is 10.3. The Morgan fingerprint density at radius 1 is 1.25 bits per heavy atom. The van der Waals surface area contributed by atoms with Crippen molar-refractivity contribution < 1.29 is 19.1 Å². The topological polar surface area (TPSA) is 65.5 Å². The van der Waals surface area contributed by atoms with E-state index >= 15 is 0 Å². The second-order valence-corrected chi connectivity index (χ2v) is 4.86. The van der Waals surface area contributed by atoms with Crippen LogP contribution in [0.4, 0.5) is 0 Å².